The Morgan fingerprint density at radius 3 is 2.69 bits per heavy atom. The molecule has 16 heavy (non-hydrogen) atoms. The van der Waals surface area contributed by atoms with Gasteiger partial charge in [-0.2, -0.15) is 0 Å². The molecule has 1 rings (SSSR count). The van der Waals surface area contributed by atoms with Crippen molar-refractivity contribution >= 4 is 12.0 Å². The second-order valence-electron chi connectivity index (χ2n) is 3.07. The van der Waals surface area contributed by atoms with Gasteiger partial charge in [0, 0.05) is 0 Å². The molecule has 0 aliphatic rings. The van der Waals surface area contributed by atoms with E-state index in [0.29, 0.717) is 18.8 Å². The van der Waals surface area contributed by atoms with E-state index >= 15 is 0 Å². The van der Waals surface area contributed by atoms with Gasteiger partial charge >= 0.3 is 5.97 Å². The molecule has 86 valence electrons. The van der Waals surface area contributed by atoms with Gasteiger partial charge < -0.3 is 9.47 Å². The summed E-state index contributed by atoms with van der Waals surface area (Å²) in [6.45, 7) is 4.68. The Labute approximate surface area is 95.7 Å². The number of ether oxygens (including phenoxy) is 2. The molecule has 3 nitrogen and oxygen atoms in total. The van der Waals surface area contributed by atoms with E-state index in [1.807, 2.05) is 25.1 Å². The maximum absolute atomic E-state index is 11.6. The fourth-order valence-electron chi connectivity index (χ4n) is 1.25. The number of carbonyl (C=O) groups is 1. The predicted octanol–water partition coefficient (Wildman–Crippen LogP) is 2.87. The first-order valence-corrected chi connectivity index (χ1v) is 5.33. The Hall–Kier alpha value is -1.77. The molecule has 0 amide bonds. The molecule has 0 bridgehead atoms. The number of hydrogen-bond acceptors (Lipinski definition) is 3. The zero-order valence-electron chi connectivity index (χ0n) is 9.60. The molecule has 0 saturated heterocycles. The number of esters is 1. The van der Waals surface area contributed by atoms with Crippen LogP contribution in [-0.2, 0) is 9.47 Å². The van der Waals surface area contributed by atoms with E-state index in [9.17, 15) is 4.79 Å². The van der Waals surface area contributed by atoms with Crippen molar-refractivity contribution in [2.75, 3.05) is 13.2 Å². The van der Waals surface area contributed by atoms with Crippen LogP contribution in [0.1, 0.15) is 29.8 Å². The summed E-state index contributed by atoms with van der Waals surface area (Å²) in [6, 6.07) is 7.27. The van der Waals surface area contributed by atoms with Crippen molar-refractivity contribution in [2.45, 2.75) is 13.8 Å². The van der Waals surface area contributed by atoms with Crippen molar-refractivity contribution in [2.24, 2.45) is 0 Å². The Kier molecular flexibility index (Phi) is 5.12. The summed E-state index contributed by atoms with van der Waals surface area (Å²) < 4.78 is 10.1. The third kappa shape index (κ3) is 3.42. The zero-order valence-corrected chi connectivity index (χ0v) is 9.60. The van der Waals surface area contributed by atoms with Crippen molar-refractivity contribution in [1.82, 2.24) is 0 Å². The van der Waals surface area contributed by atoms with Crippen molar-refractivity contribution in [3.05, 3.63) is 41.7 Å². The van der Waals surface area contributed by atoms with Gasteiger partial charge in [-0.3, -0.25) is 0 Å². The fraction of sp³-hybridized carbons (Fsp3) is 0.308. The third-order valence-electron chi connectivity index (χ3n) is 1.97. The maximum Gasteiger partial charge on any atom is 0.338 e. The van der Waals surface area contributed by atoms with Crippen LogP contribution in [0, 0.1) is 0 Å². The number of hydrogen-bond donors (Lipinski definition) is 0. The molecule has 0 aliphatic carbocycles. The van der Waals surface area contributed by atoms with E-state index in [2.05, 4.69) is 0 Å². The first-order valence-electron chi connectivity index (χ1n) is 5.33. The Balaban J connectivity index is 2.87. The molecule has 0 atom stereocenters. The highest BCUT2D eigenvalue weighted by Crippen LogP contribution is 2.12. The number of rotatable bonds is 5. The summed E-state index contributed by atoms with van der Waals surface area (Å²) in [4.78, 5) is 11.6. The molecule has 0 spiro atoms. The van der Waals surface area contributed by atoms with Crippen LogP contribution in [0.4, 0.5) is 0 Å². The molecular weight excluding hydrogens is 204 g/mol. The van der Waals surface area contributed by atoms with Crippen LogP contribution < -0.4 is 0 Å². The summed E-state index contributed by atoms with van der Waals surface area (Å²) in [7, 11) is 0. The molecule has 0 aromatic heterocycles. The second kappa shape index (κ2) is 6.67. The molecule has 0 heterocycles. The Morgan fingerprint density at radius 2 is 2.00 bits per heavy atom. The van der Waals surface area contributed by atoms with Crippen molar-refractivity contribution < 1.29 is 14.3 Å². The highest BCUT2D eigenvalue weighted by molar-refractivity contribution is 5.93. The van der Waals surface area contributed by atoms with Crippen LogP contribution in [0.25, 0.3) is 6.08 Å². The fourth-order valence-corrected chi connectivity index (χ4v) is 1.25. The minimum absolute atomic E-state index is 0.306. The minimum Gasteiger partial charge on any atom is -0.501 e. The van der Waals surface area contributed by atoms with Gasteiger partial charge in [0.15, 0.2) is 0 Å². The summed E-state index contributed by atoms with van der Waals surface area (Å²) >= 11 is 0. The SMILES string of the molecule is CCO/C=C/c1ccccc1C(=O)OCC. The van der Waals surface area contributed by atoms with E-state index in [4.69, 9.17) is 9.47 Å². The van der Waals surface area contributed by atoms with Crippen LogP contribution in [0.3, 0.4) is 0 Å². The molecule has 1 aromatic rings. The lowest BCUT2D eigenvalue weighted by atomic mass is 10.1. The molecule has 1 aromatic carbocycles. The van der Waals surface area contributed by atoms with Crippen molar-refractivity contribution in [3.8, 4) is 0 Å². The van der Waals surface area contributed by atoms with E-state index in [-0.39, 0.29) is 5.97 Å². The summed E-state index contributed by atoms with van der Waals surface area (Å²) in [6.07, 6.45) is 3.34. The summed E-state index contributed by atoms with van der Waals surface area (Å²) in [5, 5.41) is 0. The van der Waals surface area contributed by atoms with Gasteiger partial charge in [0.25, 0.3) is 0 Å². The topological polar surface area (TPSA) is 35.5 Å². The number of carbonyl (C=O) groups excluding carboxylic acids is 1. The molecular formula is C13H16O3. The molecule has 0 fully saturated rings. The highest BCUT2D eigenvalue weighted by Gasteiger charge is 2.09. The lowest BCUT2D eigenvalue weighted by Crippen LogP contribution is -2.06. The van der Waals surface area contributed by atoms with Crippen molar-refractivity contribution in [1.29, 1.82) is 0 Å². The zero-order chi connectivity index (χ0) is 11.8. The quantitative estimate of drug-likeness (QED) is 0.565. The lowest BCUT2D eigenvalue weighted by Gasteiger charge is -2.04. The molecule has 3 heteroatoms. The summed E-state index contributed by atoms with van der Waals surface area (Å²) in [5.74, 6) is -0.306. The van der Waals surface area contributed by atoms with Gasteiger partial charge in [-0.05, 0) is 31.6 Å². The van der Waals surface area contributed by atoms with Crippen LogP contribution in [0.15, 0.2) is 30.5 Å². The van der Waals surface area contributed by atoms with E-state index < -0.39 is 0 Å². The predicted molar refractivity (Wildman–Crippen MR) is 63.1 cm³/mol. The summed E-state index contributed by atoms with van der Waals surface area (Å²) in [5.41, 5.74) is 1.36. The van der Waals surface area contributed by atoms with Crippen LogP contribution in [-0.4, -0.2) is 19.2 Å². The van der Waals surface area contributed by atoms with Gasteiger partial charge in [-0.15, -0.1) is 0 Å². The first-order chi connectivity index (χ1) is 7.79. The third-order valence-corrected chi connectivity index (χ3v) is 1.97. The van der Waals surface area contributed by atoms with E-state index in [1.165, 1.54) is 0 Å². The van der Waals surface area contributed by atoms with E-state index in [0.717, 1.165) is 5.56 Å². The van der Waals surface area contributed by atoms with Gasteiger partial charge in [-0.25, -0.2) is 4.79 Å². The highest BCUT2D eigenvalue weighted by atomic mass is 16.5. The Morgan fingerprint density at radius 1 is 1.25 bits per heavy atom. The minimum atomic E-state index is -0.306. The van der Waals surface area contributed by atoms with Gasteiger partial charge in [0.1, 0.15) is 0 Å². The van der Waals surface area contributed by atoms with Crippen LogP contribution >= 0.6 is 0 Å². The second-order valence-corrected chi connectivity index (χ2v) is 3.07. The lowest BCUT2D eigenvalue weighted by molar-refractivity contribution is 0.0526. The molecule has 0 unspecified atom stereocenters. The van der Waals surface area contributed by atoms with Crippen molar-refractivity contribution in [3.63, 3.8) is 0 Å². The monoisotopic (exact) mass is 220 g/mol. The number of benzene rings is 1. The average molecular weight is 220 g/mol. The first kappa shape index (κ1) is 12.3. The Bertz CT molecular complexity index is 369. The average Bonchev–Trinajstić information content (AvgIpc) is 2.30. The molecule has 0 saturated carbocycles. The van der Waals surface area contributed by atoms with Crippen LogP contribution in [0.2, 0.25) is 0 Å². The van der Waals surface area contributed by atoms with Gasteiger partial charge in [0.05, 0.1) is 25.0 Å². The molecule has 0 radical (unpaired) electrons. The van der Waals surface area contributed by atoms with E-state index in [1.54, 1.807) is 25.3 Å². The van der Waals surface area contributed by atoms with Gasteiger partial charge in [-0.1, -0.05) is 18.2 Å². The largest absolute Gasteiger partial charge is 0.501 e. The van der Waals surface area contributed by atoms with Gasteiger partial charge in [0.2, 0.25) is 0 Å². The standard InChI is InChI=1S/C13H16O3/c1-3-15-10-9-11-7-5-6-8-12(11)13(14)16-4-2/h5-10H,3-4H2,1-2H3/b10-9+. The van der Waals surface area contributed by atoms with Crippen LogP contribution in [0.5, 0.6) is 0 Å². The maximum atomic E-state index is 11.6. The molecule has 0 N–H and O–H groups in total. The smallest absolute Gasteiger partial charge is 0.338 e. The normalized spacial score (nSPS) is 10.4. The molecule has 0 aliphatic heterocycles.